The Morgan fingerprint density at radius 3 is 2.50 bits per heavy atom. The number of carboxylic acids is 1. The molecule has 0 amide bonds. The van der Waals surface area contributed by atoms with Gasteiger partial charge in [-0.3, -0.25) is 4.79 Å². The number of carbonyl (C=O) groups is 1. The van der Waals surface area contributed by atoms with Crippen LogP contribution in [0.15, 0.2) is 0 Å². The first-order valence-corrected chi connectivity index (χ1v) is 6.64. The summed E-state index contributed by atoms with van der Waals surface area (Å²) in [7, 11) is 0. The van der Waals surface area contributed by atoms with Crippen LogP contribution in [0.3, 0.4) is 0 Å². The zero-order valence-corrected chi connectivity index (χ0v) is 9.08. The van der Waals surface area contributed by atoms with Crippen LogP contribution in [0.2, 0.25) is 0 Å². The molecule has 1 heterocycles. The number of hydrogen-bond acceptors (Lipinski definition) is 2. The van der Waals surface area contributed by atoms with Crippen LogP contribution in [0.1, 0.15) is 19.3 Å². The fraction of sp³-hybridized carbons (Fsp3) is 0.923. The van der Waals surface area contributed by atoms with Crippen LogP contribution >= 0.6 is 0 Å². The normalized spacial score (nSPS) is 68.1. The molecule has 9 unspecified atom stereocenters. The fourth-order valence-electron chi connectivity index (χ4n) is 6.13. The van der Waals surface area contributed by atoms with Crippen LogP contribution < -0.4 is 0 Å². The minimum atomic E-state index is -0.540. The highest BCUT2D eigenvalue weighted by Crippen LogP contribution is 2.72. The molecule has 5 aliphatic rings. The van der Waals surface area contributed by atoms with Crippen molar-refractivity contribution in [1.29, 1.82) is 0 Å². The van der Waals surface area contributed by atoms with Gasteiger partial charge in [0, 0.05) is 0 Å². The summed E-state index contributed by atoms with van der Waals surface area (Å²) in [5, 5.41) is 9.27. The van der Waals surface area contributed by atoms with Crippen LogP contribution in [0, 0.1) is 41.4 Å². The minimum Gasteiger partial charge on any atom is -0.481 e. The number of ether oxygens (including phenoxy) is 1. The zero-order chi connectivity index (χ0) is 10.6. The minimum absolute atomic E-state index is 0.0252. The van der Waals surface area contributed by atoms with Crippen molar-refractivity contribution in [2.45, 2.75) is 31.5 Å². The van der Waals surface area contributed by atoms with Crippen molar-refractivity contribution in [2.75, 3.05) is 0 Å². The molecule has 16 heavy (non-hydrogen) atoms. The summed E-state index contributed by atoms with van der Waals surface area (Å²) in [4.78, 5) is 11.2. The smallest absolute Gasteiger partial charge is 0.306 e. The van der Waals surface area contributed by atoms with Gasteiger partial charge in [0.15, 0.2) is 0 Å². The van der Waals surface area contributed by atoms with Gasteiger partial charge in [0.1, 0.15) is 0 Å². The first kappa shape index (κ1) is 8.51. The summed E-state index contributed by atoms with van der Waals surface area (Å²) in [5.74, 6) is 3.75. The zero-order valence-electron chi connectivity index (χ0n) is 9.08. The van der Waals surface area contributed by atoms with Gasteiger partial charge in [0.25, 0.3) is 0 Å². The molecule has 1 aliphatic heterocycles. The molecule has 9 atom stereocenters. The standard InChI is InChI=1S/C13H16O3/c14-13(15)6-2-4-1-5(6)10-8-3-7(9(4)10)11-12(8)16-11/h4-12H,1-3H2,(H,14,15). The largest absolute Gasteiger partial charge is 0.481 e. The molecule has 1 saturated heterocycles. The van der Waals surface area contributed by atoms with Crippen LogP contribution in [-0.2, 0) is 9.53 Å². The summed E-state index contributed by atoms with van der Waals surface area (Å²) in [6.45, 7) is 0. The second kappa shape index (κ2) is 2.33. The van der Waals surface area contributed by atoms with Crippen molar-refractivity contribution in [1.82, 2.24) is 0 Å². The highest BCUT2D eigenvalue weighted by atomic mass is 16.6. The quantitative estimate of drug-likeness (QED) is 0.536. The molecular formula is C13H16O3. The Morgan fingerprint density at radius 1 is 1.00 bits per heavy atom. The van der Waals surface area contributed by atoms with Gasteiger partial charge in [-0.05, 0) is 54.8 Å². The second-order valence-corrected chi connectivity index (χ2v) is 6.62. The Labute approximate surface area is 94.2 Å². The maximum Gasteiger partial charge on any atom is 0.306 e. The lowest BCUT2D eigenvalue weighted by molar-refractivity contribution is -0.145. The van der Waals surface area contributed by atoms with Gasteiger partial charge in [-0.2, -0.15) is 0 Å². The molecule has 3 heteroatoms. The lowest BCUT2D eigenvalue weighted by Crippen LogP contribution is -2.38. The molecule has 5 rings (SSSR count). The van der Waals surface area contributed by atoms with Crippen molar-refractivity contribution >= 4 is 5.97 Å². The lowest BCUT2D eigenvalue weighted by atomic mass is 9.67. The van der Waals surface area contributed by atoms with Gasteiger partial charge in [-0.25, -0.2) is 0 Å². The molecular weight excluding hydrogens is 204 g/mol. The maximum absolute atomic E-state index is 11.2. The summed E-state index contributed by atoms with van der Waals surface area (Å²) >= 11 is 0. The van der Waals surface area contributed by atoms with Crippen LogP contribution in [-0.4, -0.2) is 23.3 Å². The van der Waals surface area contributed by atoms with E-state index in [1.54, 1.807) is 0 Å². The molecule has 1 N–H and O–H groups in total. The monoisotopic (exact) mass is 220 g/mol. The number of rotatable bonds is 1. The average molecular weight is 220 g/mol. The van der Waals surface area contributed by atoms with Gasteiger partial charge in [0.05, 0.1) is 18.1 Å². The maximum atomic E-state index is 11.2. The van der Waals surface area contributed by atoms with E-state index in [0.29, 0.717) is 24.0 Å². The van der Waals surface area contributed by atoms with Gasteiger partial charge in [-0.15, -0.1) is 0 Å². The number of hydrogen-bond donors (Lipinski definition) is 1. The van der Waals surface area contributed by atoms with Gasteiger partial charge < -0.3 is 9.84 Å². The predicted octanol–water partition coefficient (Wildman–Crippen LogP) is 1.38. The molecule has 0 aromatic rings. The van der Waals surface area contributed by atoms with E-state index in [2.05, 4.69) is 0 Å². The molecule has 0 aromatic carbocycles. The van der Waals surface area contributed by atoms with E-state index in [9.17, 15) is 9.90 Å². The summed E-state index contributed by atoms with van der Waals surface area (Å²) in [6.07, 6.45) is 4.65. The van der Waals surface area contributed by atoms with Gasteiger partial charge >= 0.3 is 5.97 Å². The van der Waals surface area contributed by atoms with E-state index in [-0.39, 0.29) is 5.92 Å². The third-order valence-corrected chi connectivity index (χ3v) is 6.39. The number of aliphatic carboxylic acids is 1. The second-order valence-electron chi connectivity index (χ2n) is 6.62. The Kier molecular flexibility index (Phi) is 1.24. The molecule has 0 radical (unpaired) electrons. The summed E-state index contributed by atoms with van der Waals surface area (Å²) in [6, 6.07) is 0. The number of carboxylic acid groups (broad SMARTS) is 1. The molecule has 3 nitrogen and oxygen atoms in total. The van der Waals surface area contributed by atoms with E-state index >= 15 is 0 Å². The molecule has 4 saturated carbocycles. The number of fused-ring (bicyclic) bond motifs is 12. The molecule has 0 spiro atoms. The number of epoxide rings is 1. The third kappa shape index (κ3) is 0.727. The van der Waals surface area contributed by atoms with Crippen LogP contribution in [0.4, 0.5) is 0 Å². The highest BCUT2D eigenvalue weighted by molar-refractivity contribution is 5.71. The average Bonchev–Trinajstić information content (AvgIpc) is 2.69. The Morgan fingerprint density at radius 2 is 1.75 bits per heavy atom. The van der Waals surface area contributed by atoms with Crippen LogP contribution in [0.25, 0.3) is 0 Å². The van der Waals surface area contributed by atoms with Crippen molar-refractivity contribution in [2.24, 2.45) is 41.4 Å². The topological polar surface area (TPSA) is 49.8 Å². The van der Waals surface area contributed by atoms with E-state index in [4.69, 9.17) is 4.74 Å². The summed E-state index contributed by atoms with van der Waals surface area (Å²) in [5.41, 5.74) is 0. The van der Waals surface area contributed by atoms with E-state index < -0.39 is 5.97 Å². The molecule has 4 aliphatic carbocycles. The summed E-state index contributed by atoms with van der Waals surface area (Å²) < 4.78 is 5.75. The lowest BCUT2D eigenvalue weighted by Gasteiger charge is -2.35. The first-order chi connectivity index (χ1) is 7.75. The molecule has 0 aromatic heterocycles. The Balaban J connectivity index is 1.55. The Bertz CT molecular complexity index is 393. The molecule has 86 valence electrons. The SMILES string of the molecule is O=C(O)C1CC2CC1C1C3CC(C4OC34)C21. The van der Waals surface area contributed by atoms with Crippen molar-refractivity contribution in [3.05, 3.63) is 0 Å². The predicted molar refractivity (Wildman–Crippen MR) is 54.6 cm³/mol. The van der Waals surface area contributed by atoms with Gasteiger partial charge in [0.2, 0.25) is 0 Å². The van der Waals surface area contributed by atoms with Crippen molar-refractivity contribution in [3.8, 4) is 0 Å². The van der Waals surface area contributed by atoms with E-state index in [0.717, 1.165) is 30.1 Å². The van der Waals surface area contributed by atoms with Gasteiger partial charge in [-0.1, -0.05) is 0 Å². The molecule has 5 fully saturated rings. The van der Waals surface area contributed by atoms with E-state index in [1.165, 1.54) is 12.8 Å². The highest BCUT2D eigenvalue weighted by Gasteiger charge is 2.73. The fourth-order valence-corrected chi connectivity index (χ4v) is 6.13. The molecule has 4 bridgehead atoms. The van der Waals surface area contributed by atoms with Crippen LogP contribution in [0.5, 0.6) is 0 Å². The Hall–Kier alpha value is -0.570. The third-order valence-electron chi connectivity index (χ3n) is 6.39. The first-order valence-electron chi connectivity index (χ1n) is 6.64. The van der Waals surface area contributed by atoms with Crippen molar-refractivity contribution in [3.63, 3.8) is 0 Å². The van der Waals surface area contributed by atoms with Crippen molar-refractivity contribution < 1.29 is 14.6 Å². The van der Waals surface area contributed by atoms with E-state index in [1.807, 2.05) is 0 Å².